The van der Waals surface area contributed by atoms with Crippen LogP contribution in [0.2, 0.25) is 0 Å². The molecule has 3 rings (SSSR count). The van der Waals surface area contributed by atoms with Gasteiger partial charge in [-0.05, 0) is 54.9 Å². The van der Waals surface area contributed by atoms with Gasteiger partial charge in [0.1, 0.15) is 6.04 Å². The van der Waals surface area contributed by atoms with Gasteiger partial charge in [0.2, 0.25) is 5.91 Å². The van der Waals surface area contributed by atoms with Crippen molar-refractivity contribution in [1.29, 1.82) is 0 Å². The molecule has 3 aromatic rings. The summed E-state index contributed by atoms with van der Waals surface area (Å²) < 4.78 is 2.23. The predicted octanol–water partition coefficient (Wildman–Crippen LogP) is 5.10. The van der Waals surface area contributed by atoms with Crippen LogP contribution in [-0.2, 0) is 10.2 Å². The molecule has 2 unspecified atom stereocenters. The molecule has 0 aliphatic carbocycles. The topological polar surface area (TPSA) is 62.7 Å². The number of carbonyl (C=O) groups is 1. The number of nitrogens with zero attached hydrogens (tertiary/aromatic N) is 2. The van der Waals surface area contributed by atoms with E-state index in [2.05, 4.69) is 53.6 Å². The molecule has 2 heterocycles. The van der Waals surface area contributed by atoms with Gasteiger partial charge in [0.15, 0.2) is 10.6 Å². The lowest BCUT2D eigenvalue weighted by Gasteiger charge is -2.30. The average molecular weight is 415 g/mol. The Morgan fingerprint density at radius 1 is 1.25 bits per heavy atom. The molecule has 0 spiro atoms. The third-order valence-corrected chi connectivity index (χ3v) is 6.13. The van der Waals surface area contributed by atoms with Crippen molar-refractivity contribution in [3.05, 3.63) is 58.2 Å². The van der Waals surface area contributed by atoms with Crippen molar-refractivity contribution in [1.82, 2.24) is 20.1 Å². The first-order chi connectivity index (χ1) is 13.3. The minimum Gasteiger partial charge on any atom is -0.352 e. The highest BCUT2D eigenvalue weighted by atomic mass is 32.1. The second kappa shape index (κ2) is 8.41. The summed E-state index contributed by atoms with van der Waals surface area (Å²) in [4.78, 5) is 13.9. The molecule has 0 aliphatic heterocycles. The first-order valence-electron chi connectivity index (χ1n) is 9.36. The third-order valence-electron chi connectivity index (χ3n) is 4.97. The first-order valence-corrected chi connectivity index (χ1v) is 10.6. The number of carbonyl (C=O) groups excluding carboxylic acids is 1. The van der Waals surface area contributed by atoms with Crippen molar-refractivity contribution >= 4 is 29.5 Å². The fraction of sp³-hybridized carbons (Fsp3) is 0.381. The van der Waals surface area contributed by atoms with Crippen molar-refractivity contribution in [3.63, 3.8) is 0 Å². The van der Waals surface area contributed by atoms with Crippen LogP contribution in [0.5, 0.6) is 0 Å². The largest absolute Gasteiger partial charge is 0.352 e. The fourth-order valence-electron chi connectivity index (χ4n) is 3.55. The summed E-state index contributed by atoms with van der Waals surface area (Å²) in [5.74, 6) is 0.631. The molecule has 0 fully saturated rings. The Hall–Kier alpha value is -2.25. The zero-order chi connectivity index (χ0) is 20.3. The summed E-state index contributed by atoms with van der Waals surface area (Å²) in [5.41, 5.74) is 1.23. The van der Waals surface area contributed by atoms with E-state index in [0.717, 1.165) is 11.3 Å². The molecule has 2 atom stereocenters. The molecule has 1 amide bonds. The predicted molar refractivity (Wildman–Crippen MR) is 117 cm³/mol. The Kier molecular flexibility index (Phi) is 6.15. The van der Waals surface area contributed by atoms with E-state index in [0.29, 0.717) is 10.6 Å². The highest BCUT2D eigenvalue weighted by Crippen LogP contribution is 2.29. The van der Waals surface area contributed by atoms with Crippen LogP contribution in [0.25, 0.3) is 10.7 Å². The van der Waals surface area contributed by atoms with Gasteiger partial charge in [0.05, 0.1) is 4.88 Å². The Balaban J connectivity index is 1.71. The third kappa shape index (κ3) is 4.42. The number of amides is 1. The van der Waals surface area contributed by atoms with Crippen LogP contribution < -0.4 is 5.32 Å². The van der Waals surface area contributed by atoms with E-state index in [-0.39, 0.29) is 17.4 Å². The molecule has 2 aromatic heterocycles. The van der Waals surface area contributed by atoms with Gasteiger partial charge in [0.25, 0.3) is 0 Å². The minimum absolute atomic E-state index is 0.0245. The molecule has 0 radical (unpaired) electrons. The molecule has 0 saturated carbocycles. The summed E-state index contributed by atoms with van der Waals surface area (Å²) in [7, 11) is 0. The van der Waals surface area contributed by atoms with Crippen LogP contribution in [0.4, 0.5) is 0 Å². The van der Waals surface area contributed by atoms with Gasteiger partial charge in [-0.25, -0.2) is 0 Å². The quantitative estimate of drug-likeness (QED) is 0.529. The number of aromatic nitrogens is 3. The van der Waals surface area contributed by atoms with E-state index in [4.69, 9.17) is 12.2 Å². The second-order valence-corrected chi connectivity index (χ2v) is 9.07. The zero-order valence-electron chi connectivity index (χ0n) is 16.6. The lowest BCUT2D eigenvalue weighted by atomic mass is 9.79. The molecule has 7 heteroatoms. The maximum Gasteiger partial charge on any atom is 0.243 e. The van der Waals surface area contributed by atoms with Crippen LogP contribution in [-0.4, -0.2) is 26.7 Å². The number of hydrogen-bond acceptors (Lipinski definition) is 4. The van der Waals surface area contributed by atoms with Crippen molar-refractivity contribution < 1.29 is 4.79 Å². The smallest absolute Gasteiger partial charge is 0.243 e. The molecule has 0 saturated heterocycles. The van der Waals surface area contributed by atoms with Crippen molar-refractivity contribution in [2.24, 2.45) is 0 Å². The van der Waals surface area contributed by atoms with Crippen LogP contribution in [0.1, 0.15) is 45.7 Å². The molecule has 5 nitrogen and oxygen atoms in total. The molecule has 0 aliphatic rings. The monoisotopic (exact) mass is 414 g/mol. The standard InChI is InChI=1S/C21H26N4OS2/c1-14(13-21(3,4)16-9-6-5-7-10-16)22-19(26)15(2)25-18(23-24-20(25)27)17-11-8-12-28-17/h5-12,14-15H,13H2,1-4H3,(H,22,26)(H,24,27). The summed E-state index contributed by atoms with van der Waals surface area (Å²) >= 11 is 6.95. The van der Waals surface area contributed by atoms with Crippen LogP contribution in [0, 0.1) is 4.77 Å². The number of thiophene rings is 1. The molecular weight excluding hydrogens is 388 g/mol. The molecule has 148 valence electrons. The number of H-pyrrole nitrogens is 1. The van der Waals surface area contributed by atoms with E-state index in [9.17, 15) is 4.79 Å². The maximum absolute atomic E-state index is 12.9. The summed E-state index contributed by atoms with van der Waals surface area (Å²) in [6.07, 6.45) is 0.837. The highest BCUT2D eigenvalue weighted by molar-refractivity contribution is 7.71. The number of rotatable bonds is 7. The van der Waals surface area contributed by atoms with Crippen LogP contribution in [0.3, 0.4) is 0 Å². The van der Waals surface area contributed by atoms with Gasteiger partial charge in [-0.3, -0.25) is 14.5 Å². The summed E-state index contributed by atoms with van der Waals surface area (Å²) in [6, 6.07) is 13.9. The summed E-state index contributed by atoms with van der Waals surface area (Å²) in [6.45, 7) is 8.31. The molecule has 1 aromatic carbocycles. The van der Waals surface area contributed by atoms with E-state index in [1.54, 1.807) is 15.9 Å². The van der Waals surface area contributed by atoms with Crippen molar-refractivity contribution in [3.8, 4) is 10.7 Å². The van der Waals surface area contributed by atoms with Crippen LogP contribution >= 0.6 is 23.6 Å². The lowest BCUT2D eigenvalue weighted by Crippen LogP contribution is -2.40. The SMILES string of the molecule is CC(CC(C)(C)c1ccccc1)NC(=O)C(C)n1c(-c2cccs2)n[nH]c1=S. The maximum atomic E-state index is 12.9. The van der Waals surface area contributed by atoms with Crippen molar-refractivity contribution in [2.45, 2.75) is 51.6 Å². The average Bonchev–Trinajstić information content (AvgIpc) is 3.30. The Morgan fingerprint density at radius 2 is 1.96 bits per heavy atom. The molecule has 28 heavy (non-hydrogen) atoms. The Morgan fingerprint density at radius 3 is 2.61 bits per heavy atom. The Bertz CT molecular complexity index is 974. The summed E-state index contributed by atoms with van der Waals surface area (Å²) in [5, 5.41) is 12.3. The lowest BCUT2D eigenvalue weighted by molar-refractivity contribution is -0.124. The normalized spacial score (nSPS) is 13.9. The molecular formula is C21H26N4OS2. The zero-order valence-corrected chi connectivity index (χ0v) is 18.2. The van der Waals surface area contributed by atoms with Gasteiger partial charge in [-0.2, -0.15) is 5.10 Å². The number of benzene rings is 1. The molecule has 2 N–H and O–H groups in total. The van der Waals surface area contributed by atoms with E-state index < -0.39 is 6.04 Å². The highest BCUT2D eigenvalue weighted by Gasteiger charge is 2.26. The van der Waals surface area contributed by atoms with Crippen molar-refractivity contribution in [2.75, 3.05) is 0 Å². The van der Waals surface area contributed by atoms with Gasteiger partial charge in [-0.15, -0.1) is 11.3 Å². The number of hydrogen-bond donors (Lipinski definition) is 2. The van der Waals surface area contributed by atoms with E-state index in [1.165, 1.54) is 5.56 Å². The fourth-order valence-corrected chi connectivity index (χ4v) is 4.55. The number of aromatic amines is 1. The van der Waals surface area contributed by atoms with E-state index in [1.807, 2.05) is 37.4 Å². The van der Waals surface area contributed by atoms with E-state index >= 15 is 0 Å². The van der Waals surface area contributed by atoms with Gasteiger partial charge in [0, 0.05) is 6.04 Å². The molecule has 0 bridgehead atoms. The Labute approximate surface area is 174 Å². The first kappa shape index (κ1) is 20.5. The van der Waals surface area contributed by atoms with Gasteiger partial charge >= 0.3 is 0 Å². The second-order valence-electron chi connectivity index (χ2n) is 7.74. The number of nitrogens with one attached hydrogen (secondary N) is 2. The van der Waals surface area contributed by atoms with Crippen LogP contribution in [0.15, 0.2) is 47.8 Å². The van der Waals surface area contributed by atoms with Gasteiger partial charge < -0.3 is 5.32 Å². The minimum atomic E-state index is -0.453. The van der Waals surface area contributed by atoms with Gasteiger partial charge in [-0.1, -0.05) is 50.2 Å².